The zero-order valence-electron chi connectivity index (χ0n) is 4.41. The Morgan fingerprint density at radius 3 is 0.429 bits per heavy atom. The Morgan fingerprint density at radius 1 is 0.429 bits per heavy atom. The van der Waals surface area contributed by atoms with Gasteiger partial charge in [0.25, 0.3) is 0 Å². The molecular formula is H8Na2O4W. The first-order valence-electron chi connectivity index (χ1n) is 0. The first-order valence-corrected chi connectivity index (χ1v) is 0. The molecule has 0 atom stereocenters. The Bertz CT molecular complexity index is 9.65. The first kappa shape index (κ1) is 108. The van der Waals surface area contributed by atoms with E-state index < -0.39 is 0 Å². The van der Waals surface area contributed by atoms with Crippen molar-refractivity contribution in [2.24, 2.45) is 0 Å². The third kappa shape index (κ3) is 56.9. The van der Waals surface area contributed by atoms with E-state index in [1.807, 2.05) is 0 Å². The summed E-state index contributed by atoms with van der Waals surface area (Å²) in [7, 11) is 0. The smallest absolute Gasteiger partial charge is 0 e. The van der Waals surface area contributed by atoms with Crippen LogP contribution in [-0.2, 0) is 21.1 Å². The minimum absolute atomic E-state index is 0. The molecule has 0 aliphatic carbocycles. The van der Waals surface area contributed by atoms with Gasteiger partial charge in [0.05, 0.1) is 0 Å². The summed E-state index contributed by atoms with van der Waals surface area (Å²) < 4.78 is 0. The van der Waals surface area contributed by atoms with E-state index in [9.17, 15) is 0 Å². The van der Waals surface area contributed by atoms with Crippen molar-refractivity contribution in [3.63, 3.8) is 0 Å². The van der Waals surface area contributed by atoms with Crippen LogP contribution < -0.4 is 0 Å². The molecule has 0 saturated carbocycles. The first-order chi connectivity index (χ1) is 0. The molecule has 0 saturated heterocycles. The molecule has 0 aromatic rings. The summed E-state index contributed by atoms with van der Waals surface area (Å²) in [6, 6.07) is 0. The summed E-state index contributed by atoms with van der Waals surface area (Å²) in [5.74, 6) is 0. The van der Waals surface area contributed by atoms with Gasteiger partial charge in [0.2, 0.25) is 0 Å². The Morgan fingerprint density at radius 2 is 0.429 bits per heavy atom. The van der Waals surface area contributed by atoms with Crippen LogP contribution in [0, 0.1) is 0 Å². The second kappa shape index (κ2) is 75.6. The van der Waals surface area contributed by atoms with Crippen molar-refractivity contribution in [2.75, 3.05) is 0 Å². The van der Waals surface area contributed by atoms with Gasteiger partial charge in [0.15, 0.2) is 0 Å². The molecule has 0 amide bonds. The standard InChI is InChI=1S/2Na.4H2O.W/h;;4*1H2;. The van der Waals surface area contributed by atoms with E-state index >= 15 is 0 Å². The number of hydrogen-bond acceptors (Lipinski definition) is 0. The van der Waals surface area contributed by atoms with Crippen molar-refractivity contribution in [1.29, 1.82) is 0 Å². The fourth-order valence-electron chi connectivity index (χ4n) is 0. The van der Waals surface area contributed by atoms with Crippen LogP contribution >= 0.6 is 0 Å². The molecule has 0 unspecified atom stereocenters. The Balaban J connectivity index is 0. The summed E-state index contributed by atoms with van der Waals surface area (Å²) >= 11 is 0. The van der Waals surface area contributed by atoms with Crippen molar-refractivity contribution >= 4 is 59.1 Å². The Labute approximate surface area is 101 Å². The normalized spacial score (nSPS) is 0. The van der Waals surface area contributed by atoms with Crippen LogP contribution in [0.2, 0.25) is 0 Å². The number of hydrogen-bond donors (Lipinski definition) is 0. The van der Waals surface area contributed by atoms with Gasteiger partial charge in [0, 0.05) is 80.2 Å². The summed E-state index contributed by atoms with van der Waals surface area (Å²) in [4.78, 5) is 0. The zero-order chi connectivity index (χ0) is 0. The predicted octanol–water partition coefficient (Wildman–Crippen LogP) is -4.06. The van der Waals surface area contributed by atoms with E-state index in [0.717, 1.165) is 0 Å². The molecular weight excluding hydrogens is 294 g/mol. The molecule has 0 aromatic heterocycles. The molecule has 4 nitrogen and oxygen atoms in total. The second-order valence-corrected chi connectivity index (χ2v) is 0. The van der Waals surface area contributed by atoms with Gasteiger partial charge in [0.1, 0.15) is 0 Å². The molecule has 0 rings (SSSR count). The third-order valence-electron chi connectivity index (χ3n) is 0. The second-order valence-electron chi connectivity index (χ2n) is 0. The van der Waals surface area contributed by atoms with E-state index in [1.54, 1.807) is 0 Å². The molecule has 0 bridgehead atoms. The number of rotatable bonds is 0. The van der Waals surface area contributed by atoms with Gasteiger partial charge < -0.3 is 21.9 Å². The molecule has 0 aliphatic heterocycles. The van der Waals surface area contributed by atoms with Crippen LogP contribution in [0.25, 0.3) is 0 Å². The van der Waals surface area contributed by atoms with Crippen LogP contribution in [0.3, 0.4) is 0 Å². The maximum atomic E-state index is 0. The largest absolute Gasteiger partial charge is 0.412 e. The predicted molar refractivity (Wildman–Crippen MR) is 26.0 cm³/mol. The molecule has 2 radical (unpaired) electrons. The fourth-order valence-corrected chi connectivity index (χ4v) is 0. The van der Waals surface area contributed by atoms with Gasteiger partial charge in [-0.2, -0.15) is 0 Å². The molecule has 0 spiro atoms. The van der Waals surface area contributed by atoms with Crippen LogP contribution in [0.5, 0.6) is 0 Å². The maximum absolute atomic E-state index is 0. The van der Waals surface area contributed by atoms with Gasteiger partial charge in [-0.25, -0.2) is 0 Å². The minimum atomic E-state index is 0. The van der Waals surface area contributed by atoms with Gasteiger partial charge >= 0.3 is 0 Å². The molecule has 40 valence electrons. The van der Waals surface area contributed by atoms with Crippen molar-refractivity contribution < 1.29 is 43.0 Å². The van der Waals surface area contributed by atoms with E-state index in [1.165, 1.54) is 0 Å². The molecule has 0 fully saturated rings. The molecule has 8 N–H and O–H groups in total. The molecule has 7 heavy (non-hydrogen) atoms. The molecule has 0 heterocycles. The van der Waals surface area contributed by atoms with Crippen LogP contribution in [0.4, 0.5) is 0 Å². The average Bonchev–Trinajstić information content (AvgIpc) is 0. The Hall–Kier alpha value is 2.53. The van der Waals surface area contributed by atoms with Gasteiger partial charge in [-0.05, 0) is 0 Å². The van der Waals surface area contributed by atoms with Crippen molar-refractivity contribution in [2.45, 2.75) is 0 Å². The topological polar surface area (TPSA) is 126 Å². The quantitative estimate of drug-likeness (QED) is 0.404. The fraction of sp³-hybridized carbons (Fsp3) is 0. The van der Waals surface area contributed by atoms with Gasteiger partial charge in [-0.1, -0.05) is 0 Å². The van der Waals surface area contributed by atoms with E-state index in [2.05, 4.69) is 0 Å². The summed E-state index contributed by atoms with van der Waals surface area (Å²) in [5, 5.41) is 0. The van der Waals surface area contributed by atoms with Gasteiger partial charge in [-0.3, -0.25) is 0 Å². The van der Waals surface area contributed by atoms with E-state index in [0.29, 0.717) is 0 Å². The van der Waals surface area contributed by atoms with E-state index in [-0.39, 0.29) is 102 Å². The van der Waals surface area contributed by atoms with Crippen molar-refractivity contribution in [3.8, 4) is 0 Å². The summed E-state index contributed by atoms with van der Waals surface area (Å²) in [6.07, 6.45) is 0. The van der Waals surface area contributed by atoms with Gasteiger partial charge in [-0.15, -0.1) is 0 Å². The van der Waals surface area contributed by atoms with E-state index in [4.69, 9.17) is 0 Å². The molecule has 7 heteroatoms. The zero-order valence-corrected chi connectivity index (χ0v) is 11.3. The summed E-state index contributed by atoms with van der Waals surface area (Å²) in [6.45, 7) is 0. The molecule has 0 aromatic carbocycles. The summed E-state index contributed by atoms with van der Waals surface area (Å²) in [5.41, 5.74) is 0. The van der Waals surface area contributed by atoms with Crippen LogP contribution in [0.1, 0.15) is 0 Å². The molecule has 0 aliphatic rings. The van der Waals surface area contributed by atoms with Crippen molar-refractivity contribution in [3.05, 3.63) is 0 Å². The minimum Gasteiger partial charge on any atom is -0.412 e. The monoisotopic (exact) mass is 302 g/mol. The Kier molecular flexibility index (Phi) is 1170. The maximum Gasteiger partial charge on any atom is 0 e. The van der Waals surface area contributed by atoms with Crippen LogP contribution in [-0.4, -0.2) is 81.0 Å². The van der Waals surface area contributed by atoms with Crippen LogP contribution in [0.15, 0.2) is 0 Å². The SMILES string of the molecule is O.O.O.O.[Na].[Na].[W]. The third-order valence-corrected chi connectivity index (χ3v) is 0. The van der Waals surface area contributed by atoms with Crippen molar-refractivity contribution in [1.82, 2.24) is 0 Å². The average molecular weight is 302 g/mol.